The van der Waals surface area contributed by atoms with E-state index in [9.17, 15) is 4.79 Å². The number of hydrogen-bond donors (Lipinski definition) is 1. The lowest BCUT2D eigenvalue weighted by molar-refractivity contribution is 0.1000. The maximum Gasteiger partial charge on any atom is 0.251 e. The molecule has 0 bridgehead atoms. The van der Waals surface area contributed by atoms with Gasteiger partial charge in [0, 0.05) is 23.5 Å². The maximum atomic E-state index is 12.2. The molecule has 4 rings (SSSR count). The van der Waals surface area contributed by atoms with Crippen LogP contribution in [0.1, 0.15) is 34.2 Å². The van der Waals surface area contributed by atoms with E-state index in [0.29, 0.717) is 12.1 Å². The molecule has 0 atom stereocenters. The van der Waals surface area contributed by atoms with Crippen LogP contribution in [0.4, 0.5) is 0 Å². The largest absolute Gasteiger partial charge is 0.454 e. The molecule has 1 amide bonds. The van der Waals surface area contributed by atoms with Crippen molar-refractivity contribution in [3.8, 4) is 22.6 Å². The first-order valence-electron chi connectivity index (χ1n) is 8.53. The normalized spacial score (nSPS) is 12.5. The maximum absolute atomic E-state index is 12.2. The summed E-state index contributed by atoms with van der Waals surface area (Å²) < 4.78 is 13.1. The number of carbonyl (C=O) groups is 1. The Morgan fingerprint density at radius 2 is 2.08 bits per heavy atom. The van der Waals surface area contributed by atoms with Crippen molar-refractivity contribution in [1.82, 2.24) is 4.57 Å². The van der Waals surface area contributed by atoms with Gasteiger partial charge in [-0.15, -0.1) is 0 Å². The lowest BCUT2D eigenvalue weighted by atomic mass is 10.0. The number of fused-ring (bicyclic) bond motifs is 1. The van der Waals surface area contributed by atoms with Crippen LogP contribution in [0.3, 0.4) is 0 Å². The van der Waals surface area contributed by atoms with E-state index in [2.05, 4.69) is 16.9 Å². The van der Waals surface area contributed by atoms with Crippen molar-refractivity contribution in [2.45, 2.75) is 26.8 Å². The molecule has 3 aromatic rings. The summed E-state index contributed by atoms with van der Waals surface area (Å²) in [6.07, 6.45) is 0.809. The summed E-state index contributed by atoms with van der Waals surface area (Å²) in [7, 11) is 0. The van der Waals surface area contributed by atoms with Gasteiger partial charge in [0.05, 0.1) is 5.56 Å². The zero-order chi connectivity index (χ0) is 18.3. The van der Waals surface area contributed by atoms with Crippen LogP contribution < -0.4 is 15.2 Å². The number of aromatic nitrogens is 1. The van der Waals surface area contributed by atoms with Crippen molar-refractivity contribution >= 4 is 17.2 Å². The van der Waals surface area contributed by atoms with Gasteiger partial charge in [-0.05, 0) is 53.4 Å². The van der Waals surface area contributed by atoms with Crippen molar-refractivity contribution in [3.05, 3.63) is 57.5 Å². The molecule has 1 aromatic carbocycles. The van der Waals surface area contributed by atoms with Crippen molar-refractivity contribution in [1.29, 1.82) is 0 Å². The smallest absolute Gasteiger partial charge is 0.251 e. The molecule has 0 unspecified atom stereocenters. The fourth-order valence-electron chi connectivity index (χ4n) is 3.62. The molecular formula is C20H20N2O3S. The molecule has 2 N–H and O–H groups in total. The molecule has 26 heavy (non-hydrogen) atoms. The number of nitrogens with zero attached hydrogens (tertiary/aromatic N) is 1. The van der Waals surface area contributed by atoms with Gasteiger partial charge >= 0.3 is 0 Å². The minimum Gasteiger partial charge on any atom is -0.454 e. The van der Waals surface area contributed by atoms with Crippen LogP contribution in [0, 0.1) is 6.92 Å². The second kappa shape index (κ2) is 6.53. The molecule has 1 aliphatic heterocycles. The molecule has 2 aromatic heterocycles. The molecule has 0 saturated carbocycles. The number of primary amides is 1. The Labute approximate surface area is 156 Å². The van der Waals surface area contributed by atoms with Gasteiger partial charge in [-0.3, -0.25) is 4.79 Å². The standard InChI is InChI=1S/C20H20N2O3S/c1-3-15-19(14-6-7-26-10-14)18(20(21)23)12(2)22(15)9-13-4-5-16-17(8-13)25-11-24-16/h4-8,10H,3,9,11H2,1-2H3,(H2,21,23). The van der Waals surface area contributed by atoms with Gasteiger partial charge < -0.3 is 19.8 Å². The van der Waals surface area contributed by atoms with Gasteiger partial charge in [-0.1, -0.05) is 13.0 Å². The van der Waals surface area contributed by atoms with Crippen LogP contribution >= 0.6 is 11.3 Å². The van der Waals surface area contributed by atoms with Crippen molar-refractivity contribution in [2.75, 3.05) is 6.79 Å². The van der Waals surface area contributed by atoms with Gasteiger partial charge in [0.2, 0.25) is 6.79 Å². The minimum atomic E-state index is -0.386. The van der Waals surface area contributed by atoms with Crippen molar-refractivity contribution in [3.63, 3.8) is 0 Å². The van der Waals surface area contributed by atoms with E-state index in [0.717, 1.165) is 46.0 Å². The van der Waals surface area contributed by atoms with Crippen LogP contribution in [-0.2, 0) is 13.0 Å². The number of ether oxygens (including phenoxy) is 2. The Morgan fingerprint density at radius 3 is 2.77 bits per heavy atom. The summed E-state index contributed by atoms with van der Waals surface area (Å²) in [6, 6.07) is 7.99. The predicted molar refractivity (Wildman–Crippen MR) is 102 cm³/mol. The van der Waals surface area contributed by atoms with E-state index in [1.165, 1.54) is 0 Å². The highest BCUT2D eigenvalue weighted by atomic mass is 32.1. The molecule has 0 spiro atoms. The fourth-order valence-corrected chi connectivity index (χ4v) is 4.27. The summed E-state index contributed by atoms with van der Waals surface area (Å²) >= 11 is 1.61. The highest BCUT2D eigenvalue weighted by Crippen LogP contribution is 2.36. The average molecular weight is 368 g/mol. The predicted octanol–water partition coefficient (Wildman–Crippen LogP) is 3.96. The number of benzene rings is 1. The van der Waals surface area contributed by atoms with Gasteiger partial charge in [0.15, 0.2) is 11.5 Å². The lowest BCUT2D eigenvalue weighted by Crippen LogP contribution is -2.13. The first kappa shape index (κ1) is 16.7. The Kier molecular flexibility index (Phi) is 4.20. The molecule has 0 saturated heterocycles. The zero-order valence-electron chi connectivity index (χ0n) is 14.7. The van der Waals surface area contributed by atoms with Gasteiger partial charge in [0.25, 0.3) is 5.91 Å². The number of thiophene rings is 1. The molecule has 5 nitrogen and oxygen atoms in total. The first-order chi connectivity index (χ1) is 12.6. The molecule has 0 fully saturated rings. The highest BCUT2D eigenvalue weighted by Gasteiger charge is 2.24. The molecule has 0 aliphatic carbocycles. The van der Waals surface area contributed by atoms with Gasteiger partial charge in [0.1, 0.15) is 0 Å². The number of carbonyl (C=O) groups excluding carboxylic acids is 1. The van der Waals surface area contributed by atoms with E-state index < -0.39 is 0 Å². The Balaban J connectivity index is 1.83. The number of hydrogen-bond acceptors (Lipinski definition) is 4. The van der Waals surface area contributed by atoms with Gasteiger partial charge in [-0.2, -0.15) is 11.3 Å². The van der Waals surface area contributed by atoms with E-state index in [-0.39, 0.29) is 12.7 Å². The molecule has 134 valence electrons. The Hall–Kier alpha value is -2.73. The van der Waals surface area contributed by atoms with E-state index in [1.807, 2.05) is 36.6 Å². The summed E-state index contributed by atoms with van der Waals surface area (Å²) in [5.74, 6) is 1.15. The monoisotopic (exact) mass is 368 g/mol. The Morgan fingerprint density at radius 1 is 1.27 bits per heavy atom. The van der Waals surface area contributed by atoms with E-state index in [1.54, 1.807) is 11.3 Å². The van der Waals surface area contributed by atoms with Crippen LogP contribution in [0.5, 0.6) is 11.5 Å². The van der Waals surface area contributed by atoms with Crippen molar-refractivity contribution in [2.24, 2.45) is 5.73 Å². The summed E-state index contributed by atoms with van der Waals surface area (Å²) in [4.78, 5) is 12.2. The quantitative estimate of drug-likeness (QED) is 0.741. The minimum absolute atomic E-state index is 0.260. The molecular weight excluding hydrogens is 348 g/mol. The molecule has 3 heterocycles. The average Bonchev–Trinajstić information content (AvgIpc) is 3.34. The third-order valence-corrected chi connectivity index (χ3v) is 5.48. The topological polar surface area (TPSA) is 66.5 Å². The molecule has 0 radical (unpaired) electrons. The van der Waals surface area contributed by atoms with Gasteiger partial charge in [-0.25, -0.2) is 0 Å². The van der Waals surface area contributed by atoms with Crippen LogP contribution in [0.25, 0.3) is 11.1 Å². The molecule has 1 aliphatic rings. The second-order valence-electron chi connectivity index (χ2n) is 6.29. The summed E-state index contributed by atoms with van der Waals surface area (Å²) in [5.41, 5.74) is 11.5. The third-order valence-electron chi connectivity index (χ3n) is 4.80. The second-order valence-corrected chi connectivity index (χ2v) is 7.07. The SMILES string of the molecule is CCc1c(-c2ccsc2)c(C(N)=O)c(C)n1Cc1ccc2c(c1)OCO2. The lowest BCUT2D eigenvalue weighted by Gasteiger charge is -2.12. The number of nitrogens with two attached hydrogens (primary N) is 1. The van der Waals surface area contributed by atoms with E-state index >= 15 is 0 Å². The zero-order valence-corrected chi connectivity index (χ0v) is 15.6. The van der Waals surface area contributed by atoms with Crippen molar-refractivity contribution < 1.29 is 14.3 Å². The van der Waals surface area contributed by atoms with E-state index in [4.69, 9.17) is 15.2 Å². The van der Waals surface area contributed by atoms with Crippen LogP contribution in [-0.4, -0.2) is 17.3 Å². The summed E-state index contributed by atoms with van der Waals surface area (Å²) in [6.45, 7) is 4.97. The first-order valence-corrected chi connectivity index (χ1v) is 9.47. The summed E-state index contributed by atoms with van der Waals surface area (Å²) in [5, 5.41) is 4.08. The fraction of sp³-hybridized carbons (Fsp3) is 0.250. The Bertz CT molecular complexity index is 974. The van der Waals surface area contributed by atoms with Crippen LogP contribution in [0.2, 0.25) is 0 Å². The number of amides is 1. The van der Waals surface area contributed by atoms with Crippen LogP contribution in [0.15, 0.2) is 35.0 Å². The third kappa shape index (κ3) is 2.66. The molecule has 6 heteroatoms. The number of rotatable bonds is 5. The highest BCUT2D eigenvalue weighted by molar-refractivity contribution is 7.08.